The monoisotopic (exact) mass is 441 g/mol. The topological polar surface area (TPSA) is 169 Å². The van der Waals surface area contributed by atoms with E-state index in [9.17, 15) is 24.5 Å². The lowest BCUT2D eigenvalue weighted by molar-refractivity contribution is -0.385. The molecular weight excluding hydrogens is 426 g/mol. The SMILES string of the molecule is N/C(=N\N=C\c1ccccc1[N+](=O)[O-])SC1CC(=O)N(c2cccc(C(=O)O)c2)C1=O. The Hall–Kier alpha value is -4.06. The maximum absolute atomic E-state index is 12.7. The Bertz CT molecular complexity index is 1130. The predicted octanol–water partition coefficient (Wildman–Crippen LogP) is 2.01. The van der Waals surface area contributed by atoms with E-state index in [4.69, 9.17) is 10.8 Å². The summed E-state index contributed by atoms with van der Waals surface area (Å²) in [6.07, 6.45) is 1.02. The van der Waals surface area contributed by atoms with Crippen molar-refractivity contribution >= 4 is 52.3 Å². The highest BCUT2D eigenvalue weighted by molar-refractivity contribution is 8.14. The molecule has 1 aliphatic rings. The van der Waals surface area contributed by atoms with Gasteiger partial charge in [0.05, 0.1) is 28.0 Å². The van der Waals surface area contributed by atoms with Gasteiger partial charge in [-0.2, -0.15) is 5.10 Å². The van der Waals surface area contributed by atoms with Crippen LogP contribution in [0.4, 0.5) is 11.4 Å². The zero-order valence-electron chi connectivity index (χ0n) is 15.7. The summed E-state index contributed by atoms with van der Waals surface area (Å²) >= 11 is 0.825. The number of amides is 2. The molecule has 0 aromatic heterocycles. The van der Waals surface area contributed by atoms with Gasteiger partial charge in [0.15, 0.2) is 5.17 Å². The Morgan fingerprint density at radius 3 is 2.71 bits per heavy atom. The summed E-state index contributed by atoms with van der Waals surface area (Å²) in [5, 5.41) is 26.6. The molecule has 0 bridgehead atoms. The average Bonchev–Trinajstić information content (AvgIpc) is 3.01. The van der Waals surface area contributed by atoms with E-state index in [1.165, 1.54) is 42.5 Å². The molecule has 11 nitrogen and oxygen atoms in total. The number of carboxylic acid groups (broad SMARTS) is 1. The Morgan fingerprint density at radius 2 is 2.00 bits per heavy atom. The Balaban J connectivity index is 1.71. The van der Waals surface area contributed by atoms with Gasteiger partial charge in [-0.15, -0.1) is 5.10 Å². The van der Waals surface area contributed by atoms with Gasteiger partial charge >= 0.3 is 5.97 Å². The van der Waals surface area contributed by atoms with Crippen molar-refractivity contribution in [3.05, 3.63) is 69.8 Å². The summed E-state index contributed by atoms with van der Waals surface area (Å²) in [6.45, 7) is 0. The fourth-order valence-electron chi connectivity index (χ4n) is 2.83. The highest BCUT2D eigenvalue weighted by Gasteiger charge is 2.40. The Morgan fingerprint density at radius 1 is 1.26 bits per heavy atom. The quantitative estimate of drug-likeness (QED) is 0.225. The van der Waals surface area contributed by atoms with Crippen molar-refractivity contribution < 1.29 is 24.4 Å². The molecule has 0 spiro atoms. The minimum absolute atomic E-state index is 0.0559. The molecule has 1 aliphatic heterocycles. The van der Waals surface area contributed by atoms with E-state index >= 15 is 0 Å². The second-order valence-corrected chi connectivity index (χ2v) is 7.46. The molecule has 0 radical (unpaired) electrons. The van der Waals surface area contributed by atoms with Crippen molar-refractivity contribution in [2.75, 3.05) is 4.90 Å². The molecular formula is C19H15N5O6S. The van der Waals surface area contributed by atoms with Gasteiger partial charge in [0.25, 0.3) is 5.69 Å². The molecule has 3 rings (SSSR count). The number of nitro benzene ring substituents is 1. The van der Waals surface area contributed by atoms with Gasteiger partial charge in [0.1, 0.15) is 5.25 Å². The molecule has 1 fully saturated rings. The molecule has 1 unspecified atom stereocenters. The van der Waals surface area contributed by atoms with Crippen LogP contribution in [0.15, 0.2) is 58.7 Å². The van der Waals surface area contributed by atoms with Gasteiger partial charge in [-0.05, 0) is 24.3 Å². The summed E-state index contributed by atoms with van der Waals surface area (Å²) in [4.78, 5) is 47.5. The van der Waals surface area contributed by atoms with Crippen molar-refractivity contribution in [2.24, 2.45) is 15.9 Å². The van der Waals surface area contributed by atoms with E-state index < -0.39 is 28.0 Å². The number of imide groups is 1. The van der Waals surface area contributed by atoms with Gasteiger partial charge in [-0.3, -0.25) is 19.7 Å². The molecule has 1 heterocycles. The first-order chi connectivity index (χ1) is 14.8. The number of carbonyl (C=O) groups is 3. The Kier molecular flexibility index (Phi) is 6.40. The zero-order chi connectivity index (χ0) is 22.5. The normalized spacial score (nSPS) is 16.8. The van der Waals surface area contributed by atoms with Crippen molar-refractivity contribution in [3.63, 3.8) is 0 Å². The largest absolute Gasteiger partial charge is 0.478 e. The third kappa shape index (κ3) is 4.93. The molecule has 1 saturated heterocycles. The number of hydrogen-bond acceptors (Lipinski definition) is 8. The van der Waals surface area contributed by atoms with Gasteiger partial charge in [0, 0.05) is 12.5 Å². The van der Waals surface area contributed by atoms with Gasteiger partial charge < -0.3 is 10.8 Å². The number of aromatic carboxylic acids is 1. The summed E-state index contributed by atoms with van der Waals surface area (Å²) in [7, 11) is 0. The van der Waals surface area contributed by atoms with Crippen LogP contribution in [0.5, 0.6) is 0 Å². The first-order valence-electron chi connectivity index (χ1n) is 8.74. The fraction of sp³-hybridized carbons (Fsp3) is 0.105. The summed E-state index contributed by atoms with van der Waals surface area (Å²) in [6, 6.07) is 11.4. The van der Waals surface area contributed by atoms with Gasteiger partial charge in [-0.1, -0.05) is 30.0 Å². The van der Waals surface area contributed by atoms with Crippen LogP contribution in [0.1, 0.15) is 22.3 Å². The number of hydrogen-bond donors (Lipinski definition) is 2. The number of carboxylic acids is 1. The van der Waals surface area contributed by atoms with E-state index in [1.807, 2.05) is 0 Å². The number of nitrogens with two attached hydrogens (primary N) is 1. The van der Waals surface area contributed by atoms with E-state index in [2.05, 4.69) is 10.2 Å². The van der Waals surface area contributed by atoms with Gasteiger partial charge in [-0.25, -0.2) is 9.69 Å². The lowest BCUT2D eigenvalue weighted by atomic mass is 10.2. The highest BCUT2D eigenvalue weighted by Crippen LogP contribution is 2.30. The zero-order valence-corrected chi connectivity index (χ0v) is 16.6. The van der Waals surface area contributed by atoms with Crippen molar-refractivity contribution in [1.82, 2.24) is 0 Å². The molecule has 2 aromatic rings. The number of nitro groups is 1. The average molecular weight is 441 g/mol. The number of anilines is 1. The first kappa shape index (κ1) is 21.6. The molecule has 2 amide bonds. The van der Waals surface area contributed by atoms with E-state index in [1.54, 1.807) is 6.07 Å². The molecule has 0 aliphatic carbocycles. The maximum Gasteiger partial charge on any atom is 0.335 e. The van der Waals surface area contributed by atoms with Gasteiger partial charge in [0.2, 0.25) is 11.8 Å². The predicted molar refractivity (Wildman–Crippen MR) is 114 cm³/mol. The van der Waals surface area contributed by atoms with Crippen LogP contribution in [0.2, 0.25) is 0 Å². The summed E-state index contributed by atoms with van der Waals surface area (Å²) < 4.78 is 0. The van der Waals surface area contributed by atoms with Crippen LogP contribution < -0.4 is 10.6 Å². The van der Waals surface area contributed by atoms with Crippen molar-refractivity contribution in [1.29, 1.82) is 0 Å². The lowest BCUT2D eigenvalue weighted by Gasteiger charge is -2.15. The van der Waals surface area contributed by atoms with Crippen molar-refractivity contribution in [3.8, 4) is 0 Å². The molecule has 1 atom stereocenters. The standard InChI is InChI=1S/C19H15N5O6S/c20-19(22-21-10-12-4-1-2-7-14(12)24(29)30)31-15-9-16(25)23(17(15)26)13-6-3-5-11(8-13)18(27)28/h1-8,10,15H,9H2,(H2,20,22)(H,27,28)/b21-10+. The number of amidine groups is 1. The third-order valence-corrected chi connectivity index (χ3v) is 5.18. The first-order valence-corrected chi connectivity index (χ1v) is 9.62. The number of carbonyl (C=O) groups excluding carboxylic acids is 2. The van der Waals surface area contributed by atoms with E-state index in [-0.39, 0.29) is 34.1 Å². The number of benzene rings is 2. The Labute approximate surface area is 179 Å². The van der Waals surface area contributed by atoms with Crippen LogP contribution in [0.25, 0.3) is 0 Å². The van der Waals surface area contributed by atoms with Crippen LogP contribution in [0, 0.1) is 10.1 Å². The fourth-order valence-corrected chi connectivity index (χ4v) is 3.64. The molecule has 31 heavy (non-hydrogen) atoms. The highest BCUT2D eigenvalue weighted by atomic mass is 32.2. The molecule has 158 valence electrons. The minimum Gasteiger partial charge on any atom is -0.478 e. The van der Waals surface area contributed by atoms with Crippen LogP contribution in [-0.4, -0.2) is 44.4 Å². The molecule has 0 saturated carbocycles. The minimum atomic E-state index is -1.18. The van der Waals surface area contributed by atoms with E-state index in [0.29, 0.717) is 0 Å². The van der Waals surface area contributed by atoms with Crippen LogP contribution in [-0.2, 0) is 9.59 Å². The lowest BCUT2D eigenvalue weighted by Crippen LogP contribution is -2.32. The molecule has 12 heteroatoms. The number of para-hydroxylation sites is 1. The summed E-state index contributed by atoms with van der Waals surface area (Å²) in [5.74, 6) is -2.24. The number of thioether (sulfide) groups is 1. The molecule has 3 N–H and O–H groups in total. The van der Waals surface area contributed by atoms with Crippen molar-refractivity contribution in [2.45, 2.75) is 11.7 Å². The second kappa shape index (κ2) is 9.17. The molecule has 2 aromatic carbocycles. The third-order valence-electron chi connectivity index (χ3n) is 4.21. The van der Waals surface area contributed by atoms with Crippen LogP contribution >= 0.6 is 11.8 Å². The van der Waals surface area contributed by atoms with Crippen LogP contribution in [0.3, 0.4) is 0 Å². The smallest absolute Gasteiger partial charge is 0.335 e. The second-order valence-electron chi connectivity index (χ2n) is 6.23. The summed E-state index contributed by atoms with van der Waals surface area (Å²) in [5.41, 5.74) is 5.95. The van der Waals surface area contributed by atoms with E-state index in [0.717, 1.165) is 22.9 Å². The number of nitrogens with zero attached hydrogens (tertiary/aromatic N) is 4. The number of rotatable bonds is 6. The maximum atomic E-state index is 12.7.